The average molecular weight is 277 g/mol. The van der Waals surface area contributed by atoms with Gasteiger partial charge in [0.25, 0.3) is 0 Å². The molecule has 0 saturated heterocycles. The number of benzene rings is 2. The molecule has 96 valence electrons. The average Bonchev–Trinajstić information content (AvgIpc) is 3.18. The molecule has 3 nitrogen and oxygen atoms in total. The van der Waals surface area contributed by atoms with Gasteiger partial charge in [-0.3, -0.25) is 0 Å². The lowest BCUT2D eigenvalue weighted by molar-refractivity contribution is 1.34. The SMILES string of the molecule is c1csc(-c2ccc(-c3ccc4nc[nH]c4c3)cc2)n1. The highest BCUT2D eigenvalue weighted by Crippen LogP contribution is 2.27. The van der Waals surface area contributed by atoms with Crippen molar-refractivity contribution in [2.75, 3.05) is 0 Å². The van der Waals surface area contributed by atoms with E-state index in [1.54, 1.807) is 17.7 Å². The Labute approximate surface area is 120 Å². The first-order valence-electron chi connectivity index (χ1n) is 6.33. The molecule has 0 aliphatic carbocycles. The Kier molecular flexibility index (Phi) is 2.60. The van der Waals surface area contributed by atoms with E-state index in [1.807, 2.05) is 17.6 Å². The van der Waals surface area contributed by atoms with Crippen LogP contribution in [0.1, 0.15) is 0 Å². The molecule has 2 heterocycles. The van der Waals surface area contributed by atoms with Gasteiger partial charge in [0, 0.05) is 17.1 Å². The summed E-state index contributed by atoms with van der Waals surface area (Å²) in [6.45, 7) is 0. The third-order valence-corrected chi connectivity index (χ3v) is 4.14. The molecule has 4 heteroatoms. The zero-order chi connectivity index (χ0) is 13.4. The smallest absolute Gasteiger partial charge is 0.123 e. The number of hydrogen-bond acceptors (Lipinski definition) is 3. The lowest BCUT2D eigenvalue weighted by Gasteiger charge is -2.03. The van der Waals surface area contributed by atoms with Crippen molar-refractivity contribution in [2.45, 2.75) is 0 Å². The van der Waals surface area contributed by atoms with Gasteiger partial charge in [0.1, 0.15) is 5.01 Å². The summed E-state index contributed by atoms with van der Waals surface area (Å²) in [5.41, 5.74) is 5.60. The van der Waals surface area contributed by atoms with Crippen LogP contribution >= 0.6 is 11.3 Å². The lowest BCUT2D eigenvalue weighted by atomic mass is 10.0. The van der Waals surface area contributed by atoms with Gasteiger partial charge in [-0.05, 0) is 23.3 Å². The molecule has 0 bridgehead atoms. The Bertz CT molecular complexity index is 845. The van der Waals surface area contributed by atoms with Crippen LogP contribution in [0.3, 0.4) is 0 Å². The zero-order valence-corrected chi connectivity index (χ0v) is 11.4. The third kappa shape index (κ3) is 1.90. The van der Waals surface area contributed by atoms with Crippen molar-refractivity contribution in [1.29, 1.82) is 0 Å². The van der Waals surface area contributed by atoms with Gasteiger partial charge in [-0.1, -0.05) is 30.3 Å². The maximum Gasteiger partial charge on any atom is 0.123 e. The second-order valence-electron chi connectivity index (χ2n) is 4.55. The van der Waals surface area contributed by atoms with Crippen LogP contribution in [0.5, 0.6) is 0 Å². The number of thiazole rings is 1. The van der Waals surface area contributed by atoms with Gasteiger partial charge < -0.3 is 4.98 Å². The van der Waals surface area contributed by atoms with E-state index in [0.29, 0.717) is 0 Å². The second-order valence-corrected chi connectivity index (χ2v) is 5.44. The van der Waals surface area contributed by atoms with Crippen LogP contribution in [-0.2, 0) is 0 Å². The van der Waals surface area contributed by atoms with Crippen LogP contribution in [0.15, 0.2) is 60.4 Å². The van der Waals surface area contributed by atoms with Crippen molar-refractivity contribution >= 4 is 22.4 Å². The summed E-state index contributed by atoms with van der Waals surface area (Å²) in [7, 11) is 0. The quantitative estimate of drug-likeness (QED) is 0.591. The number of nitrogens with one attached hydrogen (secondary N) is 1. The van der Waals surface area contributed by atoms with E-state index >= 15 is 0 Å². The summed E-state index contributed by atoms with van der Waals surface area (Å²) in [6, 6.07) is 14.8. The van der Waals surface area contributed by atoms with Gasteiger partial charge in [-0.25, -0.2) is 9.97 Å². The van der Waals surface area contributed by atoms with E-state index in [1.165, 1.54) is 11.1 Å². The molecule has 0 unspecified atom stereocenters. The van der Waals surface area contributed by atoms with Crippen LogP contribution in [-0.4, -0.2) is 15.0 Å². The molecule has 0 atom stereocenters. The van der Waals surface area contributed by atoms with Crippen molar-refractivity contribution < 1.29 is 0 Å². The van der Waals surface area contributed by atoms with Gasteiger partial charge in [0.15, 0.2) is 0 Å². The molecular formula is C16H11N3S. The minimum absolute atomic E-state index is 0.994. The minimum Gasteiger partial charge on any atom is -0.345 e. The van der Waals surface area contributed by atoms with Crippen molar-refractivity contribution in [3.8, 4) is 21.7 Å². The number of nitrogens with zero attached hydrogens (tertiary/aromatic N) is 2. The first-order valence-corrected chi connectivity index (χ1v) is 7.21. The fourth-order valence-corrected chi connectivity index (χ4v) is 2.93. The largest absolute Gasteiger partial charge is 0.345 e. The number of imidazole rings is 1. The molecule has 0 amide bonds. The van der Waals surface area contributed by atoms with Crippen molar-refractivity contribution in [1.82, 2.24) is 15.0 Å². The van der Waals surface area contributed by atoms with Gasteiger partial charge in [0.2, 0.25) is 0 Å². The van der Waals surface area contributed by atoms with Crippen molar-refractivity contribution in [2.24, 2.45) is 0 Å². The molecule has 4 aromatic rings. The number of hydrogen-bond donors (Lipinski definition) is 1. The Morgan fingerprint density at radius 3 is 2.45 bits per heavy atom. The Balaban J connectivity index is 1.74. The van der Waals surface area contributed by atoms with Crippen LogP contribution in [0.25, 0.3) is 32.7 Å². The highest BCUT2D eigenvalue weighted by atomic mass is 32.1. The normalized spacial score (nSPS) is 11.0. The molecule has 20 heavy (non-hydrogen) atoms. The van der Waals surface area contributed by atoms with Crippen LogP contribution in [0.2, 0.25) is 0 Å². The number of aromatic nitrogens is 3. The monoisotopic (exact) mass is 277 g/mol. The molecule has 4 rings (SSSR count). The fraction of sp³-hybridized carbons (Fsp3) is 0. The summed E-state index contributed by atoms with van der Waals surface area (Å²) in [5.74, 6) is 0. The van der Waals surface area contributed by atoms with E-state index in [0.717, 1.165) is 21.6 Å². The Morgan fingerprint density at radius 1 is 0.850 bits per heavy atom. The predicted octanol–water partition coefficient (Wildman–Crippen LogP) is 4.35. The number of rotatable bonds is 2. The van der Waals surface area contributed by atoms with Gasteiger partial charge in [-0.15, -0.1) is 11.3 Å². The molecule has 1 N–H and O–H groups in total. The fourth-order valence-electron chi connectivity index (χ4n) is 2.29. The van der Waals surface area contributed by atoms with Crippen LogP contribution in [0, 0.1) is 0 Å². The van der Waals surface area contributed by atoms with Crippen molar-refractivity contribution in [3.63, 3.8) is 0 Å². The highest BCUT2D eigenvalue weighted by Gasteiger charge is 2.03. The summed E-state index contributed by atoms with van der Waals surface area (Å²) >= 11 is 1.66. The zero-order valence-electron chi connectivity index (χ0n) is 10.6. The van der Waals surface area contributed by atoms with Crippen molar-refractivity contribution in [3.05, 3.63) is 60.4 Å². The molecule has 0 radical (unpaired) electrons. The van der Waals surface area contributed by atoms with Gasteiger partial charge in [0.05, 0.1) is 17.4 Å². The van der Waals surface area contributed by atoms with Gasteiger partial charge >= 0.3 is 0 Å². The molecule has 0 saturated carbocycles. The second kappa shape index (κ2) is 4.58. The molecular weight excluding hydrogens is 266 g/mol. The van der Waals surface area contributed by atoms with E-state index < -0.39 is 0 Å². The molecule has 2 aromatic carbocycles. The topological polar surface area (TPSA) is 41.6 Å². The van der Waals surface area contributed by atoms with E-state index in [4.69, 9.17) is 0 Å². The van der Waals surface area contributed by atoms with Crippen LogP contribution < -0.4 is 0 Å². The predicted molar refractivity (Wildman–Crippen MR) is 82.6 cm³/mol. The van der Waals surface area contributed by atoms with E-state index in [2.05, 4.69) is 51.4 Å². The number of aromatic amines is 1. The first kappa shape index (κ1) is 11.4. The van der Waals surface area contributed by atoms with Gasteiger partial charge in [-0.2, -0.15) is 0 Å². The molecule has 0 spiro atoms. The van der Waals surface area contributed by atoms with E-state index in [-0.39, 0.29) is 0 Å². The highest BCUT2D eigenvalue weighted by molar-refractivity contribution is 7.13. The summed E-state index contributed by atoms with van der Waals surface area (Å²) in [6.07, 6.45) is 3.56. The lowest BCUT2D eigenvalue weighted by Crippen LogP contribution is -1.80. The van der Waals surface area contributed by atoms with E-state index in [9.17, 15) is 0 Å². The molecule has 2 aromatic heterocycles. The molecule has 0 fully saturated rings. The summed E-state index contributed by atoms with van der Waals surface area (Å²) in [5, 5.41) is 3.05. The minimum atomic E-state index is 0.994. The molecule has 0 aliphatic heterocycles. The Hall–Kier alpha value is -2.46. The molecule has 0 aliphatic rings. The number of fused-ring (bicyclic) bond motifs is 1. The van der Waals surface area contributed by atoms with Crippen LogP contribution in [0.4, 0.5) is 0 Å². The summed E-state index contributed by atoms with van der Waals surface area (Å²) < 4.78 is 0. The maximum absolute atomic E-state index is 4.33. The maximum atomic E-state index is 4.33. The standard InChI is InChI=1S/C16H11N3S/c1-3-12(16-17-7-8-20-16)4-2-11(1)13-5-6-14-15(9-13)19-10-18-14/h1-10H,(H,18,19). The third-order valence-electron chi connectivity index (χ3n) is 3.32. The Morgan fingerprint density at radius 2 is 1.65 bits per heavy atom. The number of H-pyrrole nitrogens is 1. The summed E-state index contributed by atoms with van der Waals surface area (Å²) in [4.78, 5) is 11.7. The first-order chi connectivity index (χ1) is 9.90.